The molecular formula is C13H17BrClNO. The Morgan fingerprint density at radius 2 is 2.24 bits per heavy atom. The molecule has 0 aliphatic heterocycles. The van der Waals surface area contributed by atoms with Crippen molar-refractivity contribution in [1.29, 1.82) is 0 Å². The maximum Gasteiger partial charge on any atom is 0.0551 e. The highest BCUT2D eigenvalue weighted by Crippen LogP contribution is 2.26. The summed E-state index contributed by atoms with van der Waals surface area (Å²) >= 11 is 9.43. The first-order valence-electron chi connectivity index (χ1n) is 5.99. The molecule has 1 saturated carbocycles. The Balaban J connectivity index is 1.91. The Kier molecular flexibility index (Phi) is 4.86. The highest BCUT2D eigenvalue weighted by atomic mass is 79.9. The van der Waals surface area contributed by atoms with Crippen molar-refractivity contribution in [3.05, 3.63) is 33.3 Å². The average Bonchev–Trinajstić information content (AvgIpc) is 2.78. The Morgan fingerprint density at radius 1 is 1.41 bits per heavy atom. The Labute approximate surface area is 115 Å². The van der Waals surface area contributed by atoms with E-state index in [4.69, 9.17) is 11.6 Å². The zero-order valence-corrected chi connectivity index (χ0v) is 12.0. The molecule has 0 radical (unpaired) electrons. The summed E-state index contributed by atoms with van der Waals surface area (Å²) < 4.78 is 0.928. The van der Waals surface area contributed by atoms with Gasteiger partial charge in [-0.1, -0.05) is 24.1 Å². The van der Waals surface area contributed by atoms with Crippen LogP contribution in [-0.2, 0) is 6.54 Å². The van der Waals surface area contributed by atoms with E-state index in [-0.39, 0.29) is 0 Å². The van der Waals surface area contributed by atoms with Crippen molar-refractivity contribution in [2.24, 2.45) is 5.92 Å². The molecule has 0 aromatic heterocycles. The average molecular weight is 319 g/mol. The van der Waals surface area contributed by atoms with Crippen molar-refractivity contribution in [1.82, 2.24) is 5.32 Å². The second kappa shape index (κ2) is 6.19. The van der Waals surface area contributed by atoms with Crippen molar-refractivity contribution >= 4 is 27.5 Å². The van der Waals surface area contributed by atoms with Gasteiger partial charge < -0.3 is 10.4 Å². The molecule has 17 heavy (non-hydrogen) atoms. The molecule has 2 unspecified atom stereocenters. The first-order valence-corrected chi connectivity index (χ1v) is 7.16. The second-order valence-corrected chi connectivity index (χ2v) is 5.87. The van der Waals surface area contributed by atoms with E-state index in [2.05, 4.69) is 27.3 Å². The van der Waals surface area contributed by atoms with Crippen LogP contribution in [0.4, 0.5) is 0 Å². The Hall–Kier alpha value is -0.0900. The van der Waals surface area contributed by atoms with Gasteiger partial charge in [0, 0.05) is 23.7 Å². The number of hydrogen-bond acceptors (Lipinski definition) is 2. The minimum absolute atomic E-state index is 0.290. The molecule has 1 fully saturated rings. The highest BCUT2D eigenvalue weighted by Gasteiger charge is 2.25. The van der Waals surface area contributed by atoms with Crippen molar-refractivity contribution in [3.8, 4) is 0 Å². The molecular weight excluding hydrogens is 302 g/mol. The van der Waals surface area contributed by atoms with Crippen LogP contribution in [0.15, 0.2) is 22.7 Å². The third-order valence-corrected chi connectivity index (χ3v) is 4.68. The van der Waals surface area contributed by atoms with Gasteiger partial charge in [0.1, 0.15) is 0 Å². The molecule has 1 aliphatic rings. The zero-order chi connectivity index (χ0) is 12.3. The number of halogens is 2. The summed E-state index contributed by atoms with van der Waals surface area (Å²) in [5.41, 5.74) is 1.18. The lowest BCUT2D eigenvalue weighted by atomic mass is 10.0. The monoisotopic (exact) mass is 317 g/mol. The van der Waals surface area contributed by atoms with Gasteiger partial charge in [-0.2, -0.15) is 0 Å². The maximum atomic E-state index is 9.25. The predicted octanol–water partition coefficient (Wildman–Crippen LogP) is 3.35. The molecule has 1 aromatic carbocycles. The molecule has 94 valence electrons. The van der Waals surface area contributed by atoms with Crippen LogP contribution >= 0.6 is 27.5 Å². The fourth-order valence-electron chi connectivity index (χ4n) is 2.42. The van der Waals surface area contributed by atoms with E-state index in [9.17, 15) is 5.11 Å². The van der Waals surface area contributed by atoms with Crippen molar-refractivity contribution < 1.29 is 5.11 Å². The number of benzene rings is 1. The Morgan fingerprint density at radius 3 is 2.94 bits per heavy atom. The molecule has 0 saturated heterocycles. The van der Waals surface area contributed by atoms with Crippen LogP contribution in [0.5, 0.6) is 0 Å². The van der Waals surface area contributed by atoms with Gasteiger partial charge in [-0.15, -0.1) is 0 Å². The second-order valence-electron chi connectivity index (χ2n) is 4.61. The fourth-order valence-corrected chi connectivity index (χ4v) is 2.87. The minimum Gasteiger partial charge on any atom is -0.396 e. The van der Waals surface area contributed by atoms with Crippen LogP contribution in [0.25, 0.3) is 0 Å². The molecule has 1 aliphatic carbocycles. The molecule has 0 heterocycles. The standard InChI is InChI=1S/C13H17BrClNO/c14-11-5-4-9(6-12(11)15)7-16-13-3-1-2-10(13)8-17/h4-6,10,13,16-17H,1-3,7-8H2. The van der Waals surface area contributed by atoms with Gasteiger partial charge in [-0.3, -0.25) is 0 Å². The van der Waals surface area contributed by atoms with Gasteiger partial charge >= 0.3 is 0 Å². The lowest BCUT2D eigenvalue weighted by Crippen LogP contribution is -2.33. The van der Waals surface area contributed by atoms with E-state index < -0.39 is 0 Å². The van der Waals surface area contributed by atoms with E-state index in [0.717, 1.165) is 28.9 Å². The molecule has 0 bridgehead atoms. The number of hydrogen-bond donors (Lipinski definition) is 2. The summed E-state index contributed by atoms with van der Waals surface area (Å²) in [5, 5.41) is 13.5. The van der Waals surface area contributed by atoms with Crippen molar-refractivity contribution in [2.45, 2.75) is 31.8 Å². The van der Waals surface area contributed by atoms with Crippen molar-refractivity contribution in [3.63, 3.8) is 0 Å². The molecule has 2 nitrogen and oxygen atoms in total. The van der Waals surface area contributed by atoms with Gasteiger partial charge in [0.25, 0.3) is 0 Å². The van der Waals surface area contributed by atoms with E-state index in [0.29, 0.717) is 18.6 Å². The van der Waals surface area contributed by atoms with E-state index in [1.54, 1.807) is 0 Å². The molecule has 0 amide bonds. The number of aliphatic hydroxyl groups is 1. The van der Waals surface area contributed by atoms with Crippen LogP contribution in [0.3, 0.4) is 0 Å². The van der Waals surface area contributed by atoms with Crippen LogP contribution in [-0.4, -0.2) is 17.8 Å². The van der Waals surface area contributed by atoms with Crippen LogP contribution < -0.4 is 5.32 Å². The lowest BCUT2D eigenvalue weighted by Gasteiger charge is -2.19. The predicted molar refractivity (Wildman–Crippen MR) is 74.2 cm³/mol. The SMILES string of the molecule is OCC1CCCC1NCc1ccc(Br)c(Cl)c1. The van der Waals surface area contributed by atoms with Crippen molar-refractivity contribution in [2.75, 3.05) is 6.61 Å². The number of aliphatic hydroxyl groups excluding tert-OH is 1. The number of nitrogens with one attached hydrogen (secondary N) is 1. The summed E-state index contributed by atoms with van der Waals surface area (Å²) in [6, 6.07) is 6.45. The normalized spacial score (nSPS) is 24.2. The summed E-state index contributed by atoms with van der Waals surface area (Å²) in [6.07, 6.45) is 3.51. The molecule has 1 aromatic rings. The van der Waals surface area contributed by atoms with Gasteiger partial charge in [0.05, 0.1) is 5.02 Å². The summed E-state index contributed by atoms with van der Waals surface area (Å²) in [4.78, 5) is 0. The van der Waals surface area contributed by atoms with Gasteiger partial charge in [0.15, 0.2) is 0 Å². The quantitative estimate of drug-likeness (QED) is 0.892. The zero-order valence-electron chi connectivity index (χ0n) is 9.63. The van der Waals surface area contributed by atoms with E-state index in [1.807, 2.05) is 12.1 Å². The topological polar surface area (TPSA) is 32.3 Å². The van der Waals surface area contributed by atoms with Crippen LogP contribution in [0.2, 0.25) is 5.02 Å². The largest absolute Gasteiger partial charge is 0.396 e. The maximum absolute atomic E-state index is 9.25. The fraction of sp³-hybridized carbons (Fsp3) is 0.538. The van der Waals surface area contributed by atoms with Gasteiger partial charge in [0.2, 0.25) is 0 Å². The molecule has 2 atom stereocenters. The first-order chi connectivity index (χ1) is 8.20. The summed E-state index contributed by atoms with van der Waals surface area (Å²) in [7, 11) is 0. The van der Waals surface area contributed by atoms with Crippen LogP contribution in [0.1, 0.15) is 24.8 Å². The minimum atomic E-state index is 0.290. The molecule has 0 spiro atoms. The van der Waals surface area contributed by atoms with Gasteiger partial charge in [-0.05, 0) is 52.4 Å². The lowest BCUT2D eigenvalue weighted by molar-refractivity contribution is 0.205. The third-order valence-electron chi connectivity index (χ3n) is 3.45. The third kappa shape index (κ3) is 3.44. The Bertz CT molecular complexity index is 386. The smallest absolute Gasteiger partial charge is 0.0551 e. The van der Waals surface area contributed by atoms with E-state index in [1.165, 1.54) is 12.0 Å². The van der Waals surface area contributed by atoms with Gasteiger partial charge in [-0.25, -0.2) is 0 Å². The summed E-state index contributed by atoms with van der Waals surface area (Å²) in [5.74, 6) is 0.418. The first kappa shape index (κ1) is 13.3. The summed E-state index contributed by atoms with van der Waals surface area (Å²) in [6.45, 7) is 1.10. The number of rotatable bonds is 4. The molecule has 2 N–H and O–H groups in total. The van der Waals surface area contributed by atoms with E-state index >= 15 is 0 Å². The van der Waals surface area contributed by atoms with Crippen LogP contribution in [0, 0.1) is 5.92 Å². The highest BCUT2D eigenvalue weighted by molar-refractivity contribution is 9.10. The molecule has 2 rings (SSSR count). The molecule has 4 heteroatoms.